The van der Waals surface area contributed by atoms with Crippen molar-refractivity contribution in [1.82, 2.24) is 0 Å². The molecule has 0 radical (unpaired) electrons. The molecule has 15 heavy (non-hydrogen) atoms. The van der Waals surface area contributed by atoms with Crippen LogP contribution in [0.1, 0.15) is 46.0 Å². The molecule has 0 aromatic carbocycles. The molecule has 0 amide bonds. The minimum Gasteiger partial charge on any atom is -0.459 e. The topological polar surface area (TPSA) is 26.3 Å². The summed E-state index contributed by atoms with van der Waals surface area (Å²) in [6.07, 6.45) is 7.09. The van der Waals surface area contributed by atoms with Crippen LogP contribution in [-0.4, -0.2) is 12.1 Å². The highest BCUT2D eigenvalue weighted by Crippen LogP contribution is 2.34. The molecule has 0 N–H and O–H groups in total. The van der Waals surface area contributed by atoms with E-state index in [1.807, 2.05) is 0 Å². The Labute approximate surface area is 92.7 Å². The van der Waals surface area contributed by atoms with Crippen molar-refractivity contribution in [2.24, 2.45) is 11.8 Å². The average Bonchev–Trinajstić information content (AvgIpc) is 2.23. The highest BCUT2D eigenvalue weighted by molar-refractivity contribution is 5.81. The van der Waals surface area contributed by atoms with Gasteiger partial charge in [0.05, 0.1) is 0 Å². The Hall–Kier alpha value is -0.790. The van der Waals surface area contributed by atoms with Crippen molar-refractivity contribution in [2.75, 3.05) is 0 Å². The van der Waals surface area contributed by atoms with Gasteiger partial charge in [0.15, 0.2) is 0 Å². The maximum absolute atomic E-state index is 11.1. The van der Waals surface area contributed by atoms with Gasteiger partial charge in [-0.25, -0.2) is 4.79 Å². The largest absolute Gasteiger partial charge is 0.459 e. The van der Waals surface area contributed by atoms with Crippen molar-refractivity contribution in [2.45, 2.75) is 52.1 Å². The summed E-state index contributed by atoms with van der Waals surface area (Å²) in [5, 5.41) is 0. The number of hydrogen-bond donors (Lipinski definition) is 0. The van der Waals surface area contributed by atoms with Crippen LogP contribution < -0.4 is 0 Å². The summed E-state index contributed by atoms with van der Waals surface area (Å²) in [7, 11) is 0. The third-order valence-electron chi connectivity index (χ3n) is 3.42. The van der Waals surface area contributed by atoms with Crippen LogP contribution in [0.3, 0.4) is 0 Å². The third-order valence-corrected chi connectivity index (χ3v) is 3.42. The van der Waals surface area contributed by atoms with Crippen molar-refractivity contribution in [1.29, 1.82) is 0 Å². The van der Waals surface area contributed by atoms with Gasteiger partial charge < -0.3 is 4.74 Å². The van der Waals surface area contributed by atoms with Crippen LogP contribution in [0.25, 0.3) is 0 Å². The second-order valence-electron chi connectivity index (χ2n) is 4.60. The van der Waals surface area contributed by atoms with Gasteiger partial charge in [-0.2, -0.15) is 0 Å². The molecule has 0 aromatic heterocycles. The molecule has 2 heteroatoms. The molecule has 3 atom stereocenters. The predicted octanol–water partition coefficient (Wildman–Crippen LogP) is 3.32. The van der Waals surface area contributed by atoms with Gasteiger partial charge in [-0.1, -0.05) is 33.3 Å². The van der Waals surface area contributed by atoms with Crippen LogP contribution in [0.4, 0.5) is 0 Å². The molecule has 1 aliphatic carbocycles. The Morgan fingerprint density at radius 3 is 2.87 bits per heavy atom. The molecule has 2 nitrogen and oxygen atoms in total. The fourth-order valence-electron chi connectivity index (χ4n) is 2.46. The van der Waals surface area contributed by atoms with E-state index in [9.17, 15) is 4.79 Å². The average molecular weight is 210 g/mol. The quantitative estimate of drug-likeness (QED) is 0.525. The smallest absolute Gasteiger partial charge is 0.330 e. The van der Waals surface area contributed by atoms with E-state index in [0.29, 0.717) is 0 Å². The summed E-state index contributed by atoms with van der Waals surface area (Å²) in [6, 6.07) is 0. The van der Waals surface area contributed by atoms with Crippen molar-refractivity contribution in [3.8, 4) is 0 Å². The fraction of sp³-hybridized carbons (Fsp3) is 0.769. The second-order valence-corrected chi connectivity index (χ2v) is 4.60. The fourth-order valence-corrected chi connectivity index (χ4v) is 2.46. The van der Waals surface area contributed by atoms with Crippen LogP contribution in [0.5, 0.6) is 0 Å². The van der Waals surface area contributed by atoms with Gasteiger partial charge in [0.2, 0.25) is 0 Å². The Morgan fingerprint density at radius 1 is 1.53 bits per heavy atom. The van der Waals surface area contributed by atoms with Gasteiger partial charge in [0.25, 0.3) is 0 Å². The predicted molar refractivity (Wildman–Crippen MR) is 61.5 cm³/mol. The Balaban J connectivity index is 2.42. The first-order valence-electron chi connectivity index (χ1n) is 6.00. The van der Waals surface area contributed by atoms with Gasteiger partial charge in [-0.05, 0) is 31.1 Å². The molecule has 0 aromatic rings. The number of carbonyl (C=O) groups excluding carboxylic acids is 1. The van der Waals surface area contributed by atoms with E-state index >= 15 is 0 Å². The summed E-state index contributed by atoms with van der Waals surface area (Å²) < 4.78 is 5.31. The van der Waals surface area contributed by atoms with Gasteiger partial charge >= 0.3 is 5.97 Å². The van der Waals surface area contributed by atoms with Crippen molar-refractivity contribution in [3.05, 3.63) is 12.7 Å². The van der Waals surface area contributed by atoms with Gasteiger partial charge in [0.1, 0.15) is 6.10 Å². The third kappa shape index (κ3) is 3.69. The van der Waals surface area contributed by atoms with Crippen LogP contribution in [0, 0.1) is 11.8 Å². The van der Waals surface area contributed by atoms with E-state index in [0.717, 1.165) is 24.7 Å². The summed E-state index contributed by atoms with van der Waals surface area (Å²) in [6.45, 7) is 7.95. The van der Waals surface area contributed by atoms with E-state index in [1.54, 1.807) is 0 Å². The monoisotopic (exact) mass is 210 g/mol. The van der Waals surface area contributed by atoms with E-state index in [2.05, 4.69) is 20.4 Å². The van der Waals surface area contributed by atoms with Crippen molar-refractivity contribution >= 4 is 5.97 Å². The number of hydrogen-bond acceptors (Lipinski definition) is 2. The molecule has 1 rings (SSSR count). The minimum absolute atomic E-state index is 0.128. The van der Waals surface area contributed by atoms with Crippen LogP contribution in [-0.2, 0) is 9.53 Å². The summed E-state index contributed by atoms with van der Waals surface area (Å²) in [5.41, 5.74) is 0. The molecule has 0 heterocycles. The zero-order valence-corrected chi connectivity index (χ0v) is 9.87. The number of carbonyl (C=O) groups is 1. The number of ether oxygens (including phenoxy) is 1. The number of esters is 1. The normalized spacial score (nSPS) is 30.9. The maximum atomic E-state index is 11.1. The molecule has 1 saturated carbocycles. The van der Waals surface area contributed by atoms with Gasteiger partial charge in [-0.3, -0.25) is 0 Å². The van der Waals surface area contributed by atoms with Gasteiger partial charge in [0, 0.05) is 6.08 Å². The first-order valence-corrected chi connectivity index (χ1v) is 6.00. The van der Waals surface area contributed by atoms with Crippen LogP contribution >= 0.6 is 0 Å². The molecule has 1 fully saturated rings. The lowest BCUT2D eigenvalue weighted by Gasteiger charge is -2.33. The molecule has 3 unspecified atom stereocenters. The van der Waals surface area contributed by atoms with E-state index in [4.69, 9.17) is 4.74 Å². The SMILES string of the molecule is C=CC(=O)OC1CCC(C)C(CCC)C1. The Bertz CT molecular complexity index is 223. The molecule has 86 valence electrons. The first kappa shape index (κ1) is 12.3. The standard InChI is InChI=1S/C13H22O2/c1-4-6-11-9-12(8-7-10(11)3)15-13(14)5-2/h5,10-12H,2,4,6-9H2,1,3H3. The van der Waals surface area contributed by atoms with Crippen molar-refractivity contribution in [3.63, 3.8) is 0 Å². The Morgan fingerprint density at radius 2 is 2.27 bits per heavy atom. The zero-order valence-electron chi connectivity index (χ0n) is 9.87. The lowest BCUT2D eigenvalue weighted by Crippen LogP contribution is -2.29. The summed E-state index contributed by atoms with van der Waals surface area (Å²) in [4.78, 5) is 11.1. The highest BCUT2D eigenvalue weighted by atomic mass is 16.5. The lowest BCUT2D eigenvalue weighted by atomic mass is 9.77. The van der Waals surface area contributed by atoms with Crippen LogP contribution in [0.2, 0.25) is 0 Å². The molecule has 1 aliphatic rings. The second kappa shape index (κ2) is 5.94. The summed E-state index contributed by atoms with van der Waals surface area (Å²) in [5.74, 6) is 1.24. The molecular weight excluding hydrogens is 188 g/mol. The maximum Gasteiger partial charge on any atom is 0.330 e. The Kier molecular flexibility index (Phi) is 4.86. The summed E-state index contributed by atoms with van der Waals surface area (Å²) >= 11 is 0. The lowest BCUT2D eigenvalue weighted by molar-refractivity contribution is -0.145. The molecular formula is C13H22O2. The minimum atomic E-state index is -0.273. The van der Waals surface area contributed by atoms with Crippen LogP contribution in [0.15, 0.2) is 12.7 Å². The first-order chi connectivity index (χ1) is 7.17. The molecule has 0 aliphatic heterocycles. The highest BCUT2D eigenvalue weighted by Gasteiger charge is 2.28. The van der Waals surface area contributed by atoms with E-state index in [-0.39, 0.29) is 12.1 Å². The molecule has 0 bridgehead atoms. The molecule has 0 saturated heterocycles. The zero-order chi connectivity index (χ0) is 11.3. The molecule has 0 spiro atoms. The van der Waals surface area contributed by atoms with Gasteiger partial charge in [-0.15, -0.1) is 0 Å². The van der Waals surface area contributed by atoms with E-state index in [1.165, 1.54) is 25.3 Å². The number of rotatable bonds is 4. The van der Waals surface area contributed by atoms with Crippen molar-refractivity contribution < 1.29 is 9.53 Å². The van der Waals surface area contributed by atoms with E-state index < -0.39 is 0 Å².